The third-order valence-electron chi connectivity index (χ3n) is 1.98. The molecule has 0 amide bonds. The zero-order valence-corrected chi connectivity index (χ0v) is 8.74. The Balaban J connectivity index is 2.79. The van der Waals surface area contributed by atoms with Crippen molar-refractivity contribution in [1.29, 1.82) is 0 Å². The molecule has 1 rings (SSSR count). The molecule has 2 N–H and O–H groups in total. The summed E-state index contributed by atoms with van der Waals surface area (Å²) in [5, 5.41) is 12.1. The second-order valence-electron chi connectivity index (χ2n) is 3.03. The van der Waals surface area contributed by atoms with Crippen LogP contribution in [-0.4, -0.2) is 18.3 Å². The Hall–Kier alpha value is -0.800. The molecular weight excluding hydrogens is 205 g/mol. The zero-order chi connectivity index (χ0) is 10.6. The Bertz CT molecular complexity index is 317. The molecule has 0 aliphatic carbocycles. The van der Waals surface area contributed by atoms with Gasteiger partial charge in [0.05, 0.1) is 10.7 Å². The normalized spacial score (nSPS) is 10.3. The summed E-state index contributed by atoms with van der Waals surface area (Å²) in [5.41, 5.74) is 1.12. The van der Waals surface area contributed by atoms with Crippen LogP contribution in [0.1, 0.15) is 12.0 Å². The molecule has 0 atom stereocenters. The van der Waals surface area contributed by atoms with Gasteiger partial charge in [-0.1, -0.05) is 11.6 Å². The number of hydrogen-bond acceptors (Lipinski definition) is 2. The monoisotopic (exact) mass is 217 g/mol. The first-order valence-corrected chi connectivity index (χ1v) is 4.84. The first-order valence-electron chi connectivity index (χ1n) is 4.46. The highest BCUT2D eigenvalue weighted by Gasteiger charge is 2.07. The number of benzene rings is 1. The van der Waals surface area contributed by atoms with Crippen molar-refractivity contribution in [3.63, 3.8) is 0 Å². The van der Waals surface area contributed by atoms with Gasteiger partial charge in [0.1, 0.15) is 5.82 Å². The highest BCUT2D eigenvalue weighted by atomic mass is 35.5. The van der Waals surface area contributed by atoms with Gasteiger partial charge in [-0.15, -0.1) is 0 Å². The lowest BCUT2D eigenvalue weighted by Crippen LogP contribution is -2.06. The molecule has 0 saturated carbocycles. The van der Waals surface area contributed by atoms with Crippen LogP contribution in [-0.2, 0) is 0 Å². The van der Waals surface area contributed by atoms with Gasteiger partial charge in [0.15, 0.2) is 0 Å². The maximum absolute atomic E-state index is 13.1. The second kappa shape index (κ2) is 5.17. The van der Waals surface area contributed by atoms with E-state index in [1.165, 1.54) is 12.1 Å². The lowest BCUT2D eigenvalue weighted by molar-refractivity contribution is 0.292. The van der Waals surface area contributed by atoms with Gasteiger partial charge in [0.2, 0.25) is 0 Å². The lowest BCUT2D eigenvalue weighted by atomic mass is 10.2. The highest BCUT2D eigenvalue weighted by Crippen LogP contribution is 2.27. The molecule has 4 heteroatoms. The van der Waals surface area contributed by atoms with Gasteiger partial charge in [0.25, 0.3) is 0 Å². The molecule has 0 heterocycles. The fraction of sp³-hybridized carbons (Fsp3) is 0.400. The topological polar surface area (TPSA) is 32.3 Å². The van der Waals surface area contributed by atoms with E-state index in [0.29, 0.717) is 29.2 Å². The second-order valence-corrected chi connectivity index (χ2v) is 3.44. The van der Waals surface area contributed by atoms with Gasteiger partial charge < -0.3 is 10.4 Å². The number of anilines is 1. The van der Waals surface area contributed by atoms with Crippen molar-refractivity contribution in [2.75, 3.05) is 18.5 Å². The van der Waals surface area contributed by atoms with Crippen molar-refractivity contribution in [2.45, 2.75) is 13.3 Å². The standard InChI is InChI=1S/C10H13ClFNO/c1-7-9(12)4-3-8(11)10(7)13-5-2-6-14/h3-4,13-14H,2,5-6H2,1H3. The number of halogens is 2. The summed E-state index contributed by atoms with van der Waals surface area (Å²) in [4.78, 5) is 0. The summed E-state index contributed by atoms with van der Waals surface area (Å²) in [6.45, 7) is 2.36. The van der Waals surface area contributed by atoms with Crippen LogP contribution in [0.4, 0.5) is 10.1 Å². The van der Waals surface area contributed by atoms with Gasteiger partial charge in [-0.3, -0.25) is 0 Å². The van der Waals surface area contributed by atoms with Crippen LogP contribution in [0.5, 0.6) is 0 Å². The summed E-state index contributed by atoms with van der Waals surface area (Å²) < 4.78 is 13.1. The number of hydrogen-bond donors (Lipinski definition) is 2. The average Bonchev–Trinajstić information content (AvgIpc) is 2.18. The predicted molar refractivity (Wildman–Crippen MR) is 56.3 cm³/mol. The van der Waals surface area contributed by atoms with Crippen molar-refractivity contribution in [3.05, 3.63) is 28.5 Å². The summed E-state index contributed by atoms with van der Waals surface area (Å²) in [5.74, 6) is -0.277. The van der Waals surface area contributed by atoms with E-state index in [1.54, 1.807) is 6.92 Å². The molecule has 78 valence electrons. The van der Waals surface area contributed by atoms with E-state index in [-0.39, 0.29) is 12.4 Å². The molecule has 0 unspecified atom stereocenters. The molecule has 0 bridgehead atoms. The summed E-state index contributed by atoms with van der Waals surface area (Å²) in [7, 11) is 0. The maximum atomic E-state index is 13.1. The van der Waals surface area contributed by atoms with Gasteiger partial charge >= 0.3 is 0 Å². The number of aliphatic hydroxyl groups excluding tert-OH is 1. The van der Waals surface area contributed by atoms with Gasteiger partial charge in [-0.25, -0.2) is 4.39 Å². The van der Waals surface area contributed by atoms with E-state index in [4.69, 9.17) is 16.7 Å². The molecule has 0 aliphatic heterocycles. The van der Waals surface area contributed by atoms with Crippen molar-refractivity contribution in [2.24, 2.45) is 0 Å². The molecule has 0 saturated heterocycles. The Morgan fingerprint density at radius 2 is 2.21 bits per heavy atom. The molecule has 1 aromatic carbocycles. The summed E-state index contributed by atoms with van der Waals surface area (Å²) >= 11 is 5.89. The molecule has 0 spiro atoms. The van der Waals surface area contributed by atoms with Crippen LogP contribution in [0.15, 0.2) is 12.1 Å². The Morgan fingerprint density at radius 1 is 1.50 bits per heavy atom. The smallest absolute Gasteiger partial charge is 0.128 e. The van der Waals surface area contributed by atoms with E-state index in [1.807, 2.05) is 0 Å². The van der Waals surface area contributed by atoms with Crippen LogP contribution < -0.4 is 5.32 Å². The van der Waals surface area contributed by atoms with E-state index in [0.717, 1.165) is 0 Å². The fourth-order valence-electron chi connectivity index (χ4n) is 1.16. The number of aliphatic hydroxyl groups is 1. The largest absolute Gasteiger partial charge is 0.396 e. The lowest BCUT2D eigenvalue weighted by Gasteiger charge is -2.11. The Morgan fingerprint density at radius 3 is 2.86 bits per heavy atom. The third-order valence-corrected chi connectivity index (χ3v) is 2.30. The van der Waals surface area contributed by atoms with Crippen molar-refractivity contribution in [3.8, 4) is 0 Å². The quantitative estimate of drug-likeness (QED) is 0.760. The highest BCUT2D eigenvalue weighted by molar-refractivity contribution is 6.33. The van der Waals surface area contributed by atoms with Crippen molar-refractivity contribution < 1.29 is 9.50 Å². The van der Waals surface area contributed by atoms with E-state index in [2.05, 4.69) is 5.32 Å². The van der Waals surface area contributed by atoms with Crippen LogP contribution in [0.3, 0.4) is 0 Å². The minimum Gasteiger partial charge on any atom is -0.396 e. The Kier molecular flexibility index (Phi) is 4.17. The van der Waals surface area contributed by atoms with Crippen LogP contribution in [0.2, 0.25) is 5.02 Å². The molecule has 0 fully saturated rings. The van der Waals surface area contributed by atoms with E-state index < -0.39 is 0 Å². The molecule has 0 aromatic heterocycles. The molecular formula is C10H13ClFNO. The summed E-state index contributed by atoms with van der Waals surface area (Å²) in [6.07, 6.45) is 0.617. The molecule has 0 aliphatic rings. The molecule has 1 aromatic rings. The Labute approximate surface area is 87.7 Å². The fourth-order valence-corrected chi connectivity index (χ4v) is 1.43. The minimum atomic E-state index is -0.277. The van der Waals surface area contributed by atoms with Gasteiger partial charge in [0, 0.05) is 18.7 Å². The van der Waals surface area contributed by atoms with Gasteiger partial charge in [-0.05, 0) is 25.5 Å². The zero-order valence-electron chi connectivity index (χ0n) is 7.98. The van der Waals surface area contributed by atoms with Crippen LogP contribution >= 0.6 is 11.6 Å². The minimum absolute atomic E-state index is 0.110. The van der Waals surface area contributed by atoms with Crippen LogP contribution in [0, 0.1) is 12.7 Å². The van der Waals surface area contributed by atoms with Crippen molar-refractivity contribution in [1.82, 2.24) is 0 Å². The number of nitrogens with one attached hydrogen (secondary N) is 1. The predicted octanol–water partition coefficient (Wildman–Crippen LogP) is 2.58. The summed E-state index contributed by atoms with van der Waals surface area (Å²) in [6, 6.07) is 2.86. The maximum Gasteiger partial charge on any atom is 0.128 e. The van der Waals surface area contributed by atoms with E-state index in [9.17, 15) is 4.39 Å². The first kappa shape index (κ1) is 11.3. The molecule has 2 nitrogen and oxygen atoms in total. The van der Waals surface area contributed by atoms with Gasteiger partial charge in [-0.2, -0.15) is 0 Å². The first-order chi connectivity index (χ1) is 6.66. The average molecular weight is 218 g/mol. The third kappa shape index (κ3) is 2.59. The van der Waals surface area contributed by atoms with E-state index >= 15 is 0 Å². The molecule has 14 heavy (non-hydrogen) atoms. The SMILES string of the molecule is Cc1c(F)ccc(Cl)c1NCCCO. The molecule has 0 radical (unpaired) electrons. The van der Waals surface area contributed by atoms with Crippen molar-refractivity contribution >= 4 is 17.3 Å². The number of rotatable bonds is 4. The van der Waals surface area contributed by atoms with Crippen LogP contribution in [0.25, 0.3) is 0 Å².